The van der Waals surface area contributed by atoms with Crippen LogP contribution in [-0.4, -0.2) is 91.3 Å². The number of ether oxygens (including phenoxy) is 6. The Morgan fingerprint density at radius 3 is 2.45 bits per heavy atom. The predicted molar refractivity (Wildman–Crippen MR) is 245 cm³/mol. The molecule has 2 fully saturated rings. The second kappa shape index (κ2) is 23.9. The average molecular weight is 897 g/mol. The van der Waals surface area contributed by atoms with Gasteiger partial charge in [0.05, 0.1) is 38.1 Å². The van der Waals surface area contributed by atoms with Gasteiger partial charge in [-0.3, -0.25) is 4.90 Å². The predicted octanol–water partition coefficient (Wildman–Crippen LogP) is 9.41. The molecule has 0 aromatic heterocycles. The lowest BCUT2D eigenvalue weighted by molar-refractivity contribution is -0.256. The van der Waals surface area contributed by atoms with Gasteiger partial charge < -0.3 is 43.5 Å². The first kappa shape index (κ1) is 47.9. The smallest absolute Gasteiger partial charge is 0.410 e. The largest absolute Gasteiger partial charge is 0.490 e. The second-order valence-corrected chi connectivity index (χ2v) is 17.2. The molecule has 2 aliphatic heterocycles. The summed E-state index contributed by atoms with van der Waals surface area (Å²) in [4.78, 5) is 22.8. The Balaban J connectivity index is 1.38. The van der Waals surface area contributed by atoms with E-state index >= 15 is 0 Å². The molecule has 13 heteroatoms. The summed E-state index contributed by atoms with van der Waals surface area (Å²) in [5.41, 5.74) is 4.12. The maximum atomic E-state index is 14.9. The zero-order valence-electron chi connectivity index (χ0n) is 37.4. The Labute approximate surface area is 382 Å². The van der Waals surface area contributed by atoms with Gasteiger partial charge in [-0.25, -0.2) is 9.18 Å². The van der Waals surface area contributed by atoms with Crippen LogP contribution in [0, 0.1) is 23.6 Å². The molecule has 3 aromatic carbocycles. The summed E-state index contributed by atoms with van der Waals surface area (Å²) in [6, 6.07) is 20.8. The summed E-state index contributed by atoms with van der Waals surface area (Å²) in [6.07, 6.45) is 11.7. The highest BCUT2D eigenvalue weighted by Crippen LogP contribution is 2.62. The first-order valence-electron chi connectivity index (χ1n) is 23.3. The van der Waals surface area contributed by atoms with E-state index in [2.05, 4.69) is 19.2 Å². The van der Waals surface area contributed by atoms with Gasteiger partial charge in [0, 0.05) is 44.1 Å². The van der Waals surface area contributed by atoms with E-state index in [0.29, 0.717) is 61.9 Å². The standard InChI is InChI=1S/C52H65FN2O10/c1-3-27-60-41-23-24-46-44(33-41)49-42(17-9-12-26-57)39(16-8-11-25-56)32-43-45(54-65-48-18-10-13-29-61-48)34-47(52(64-46,50(43)49)63-28-4-2)55(35-37-19-21-40(53)22-20-37)51(58)62-31-30-59-36-38-14-6-5-7-15-38/h3-7,14-15,19-24,32-33,39,42,47-50,56-57H,1-2,8-13,16-18,25-31,34-36H2. The van der Waals surface area contributed by atoms with Gasteiger partial charge >= 0.3 is 6.09 Å². The van der Waals surface area contributed by atoms with Crippen LogP contribution in [0.2, 0.25) is 0 Å². The van der Waals surface area contributed by atoms with Gasteiger partial charge in [0.1, 0.15) is 36.6 Å². The highest BCUT2D eigenvalue weighted by molar-refractivity contribution is 6.03. The molecule has 7 unspecified atom stereocenters. The molecule has 7 atom stereocenters. The number of hydrogen-bond donors (Lipinski definition) is 2. The number of carbonyl (C=O) groups excluding carboxylic acids is 1. The van der Waals surface area contributed by atoms with Crippen molar-refractivity contribution in [1.29, 1.82) is 0 Å². The SMILES string of the molecule is C=CCOc1ccc2c(c1)C1C(CCCCO)C(CCCCO)C=C3C(=NOC4CCCCO4)CC(N(Cc4ccc(F)cc4)C(=O)OCCOCc4ccccc4)C(OCC=C)(O2)C31. The Morgan fingerprint density at radius 1 is 0.923 bits per heavy atom. The van der Waals surface area contributed by atoms with Gasteiger partial charge in [0.15, 0.2) is 0 Å². The number of carbonyl (C=O) groups is 1. The number of aliphatic hydroxyl groups excluding tert-OH is 2. The van der Waals surface area contributed by atoms with E-state index in [4.69, 9.17) is 38.4 Å². The zero-order valence-corrected chi connectivity index (χ0v) is 37.4. The minimum absolute atomic E-state index is 0.0138. The number of nitrogens with zero attached hydrogens (tertiary/aromatic N) is 2. The van der Waals surface area contributed by atoms with Crippen LogP contribution < -0.4 is 9.47 Å². The van der Waals surface area contributed by atoms with Gasteiger partial charge in [-0.15, -0.1) is 6.58 Å². The molecule has 0 spiro atoms. The molecular formula is C52H65FN2O10. The third kappa shape index (κ3) is 11.9. The number of aliphatic hydroxyl groups is 2. The molecule has 12 nitrogen and oxygen atoms in total. The van der Waals surface area contributed by atoms with Crippen molar-refractivity contribution in [3.8, 4) is 11.5 Å². The average Bonchev–Trinajstić information content (AvgIpc) is 3.33. The van der Waals surface area contributed by atoms with Crippen LogP contribution in [-0.2, 0) is 36.9 Å². The zero-order chi connectivity index (χ0) is 45.4. The number of hydrogen-bond acceptors (Lipinski definition) is 11. The molecule has 1 saturated heterocycles. The van der Waals surface area contributed by atoms with Crippen molar-refractivity contribution in [3.05, 3.63) is 132 Å². The third-order valence-electron chi connectivity index (χ3n) is 12.9. The van der Waals surface area contributed by atoms with Crippen molar-refractivity contribution < 1.29 is 52.7 Å². The lowest BCUT2D eigenvalue weighted by Gasteiger charge is -2.60. The van der Waals surface area contributed by atoms with Gasteiger partial charge in [-0.1, -0.05) is 85.3 Å². The van der Waals surface area contributed by atoms with Crippen LogP contribution in [0.5, 0.6) is 11.5 Å². The van der Waals surface area contributed by atoms with E-state index in [1.807, 2.05) is 48.5 Å². The molecule has 7 rings (SSSR count). The van der Waals surface area contributed by atoms with Crippen molar-refractivity contribution in [1.82, 2.24) is 4.90 Å². The van der Waals surface area contributed by atoms with Gasteiger partial charge in [0.2, 0.25) is 12.1 Å². The summed E-state index contributed by atoms with van der Waals surface area (Å²) in [5.74, 6) is -1.44. The molecule has 2 heterocycles. The fourth-order valence-electron chi connectivity index (χ4n) is 9.93. The van der Waals surface area contributed by atoms with E-state index in [1.54, 1.807) is 29.2 Å². The van der Waals surface area contributed by atoms with E-state index in [9.17, 15) is 19.4 Å². The molecule has 0 bridgehead atoms. The molecule has 350 valence electrons. The normalized spacial score (nSPS) is 25.0. The number of fused-ring (bicyclic) bond motifs is 2. The lowest BCUT2D eigenvalue weighted by atomic mass is 9.55. The number of benzene rings is 3. The quantitative estimate of drug-likeness (QED) is 0.0509. The number of oxime groups is 1. The summed E-state index contributed by atoms with van der Waals surface area (Å²) in [7, 11) is 0. The van der Waals surface area contributed by atoms with Gasteiger partial charge in [-0.05, 0) is 97.4 Å². The molecule has 3 aromatic rings. The molecule has 1 amide bonds. The lowest BCUT2D eigenvalue weighted by Crippen LogP contribution is -2.70. The van der Waals surface area contributed by atoms with Crippen molar-refractivity contribution in [2.75, 3.05) is 46.2 Å². The van der Waals surface area contributed by atoms with Crippen LogP contribution in [0.3, 0.4) is 0 Å². The Hall–Kier alpha value is -5.05. The Kier molecular flexibility index (Phi) is 17.6. The topological polar surface area (TPSA) is 138 Å². The van der Waals surface area contributed by atoms with E-state index in [1.165, 1.54) is 12.1 Å². The second-order valence-electron chi connectivity index (χ2n) is 17.2. The molecule has 2 aliphatic carbocycles. The molecule has 1 saturated carbocycles. The number of halogens is 1. The maximum absolute atomic E-state index is 14.9. The fraction of sp³-hybridized carbons (Fsp3) is 0.500. The van der Waals surface area contributed by atoms with Crippen molar-refractivity contribution in [3.63, 3.8) is 0 Å². The van der Waals surface area contributed by atoms with Crippen molar-refractivity contribution in [2.24, 2.45) is 22.9 Å². The Morgan fingerprint density at radius 2 is 1.71 bits per heavy atom. The Bertz CT molecular complexity index is 2060. The van der Waals surface area contributed by atoms with Gasteiger partial charge in [0.25, 0.3) is 0 Å². The maximum Gasteiger partial charge on any atom is 0.410 e. The molecule has 4 aliphatic rings. The van der Waals surface area contributed by atoms with Crippen molar-refractivity contribution >= 4 is 11.8 Å². The number of rotatable bonds is 24. The van der Waals surface area contributed by atoms with E-state index in [0.717, 1.165) is 55.2 Å². The number of allylic oxidation sites excluding steroid dienone is 1. The molecular weight excluding hydrogens is 832 g/mol. The minimum Gasteiger partial charge on any atom is -0.490 e. The van der Waals surface area contributed by atoms with Gasteiger partial charge in [-0.2, -0.15) is 0 Å². The fourth-order valence-corrected chi connectivity index (χ4v) is 9.93. The highest BCUT2D eigenvalue weighted by atomic mass is 19.1. The van der Waals surface area contributed by atoms with Crippen LogP contribution in [0.15, 0.2) is 115 Å². The van der Waals surface area contributed by atoms with Crippen molar-refractivity contribution in [2.45, 2.75) is 101 Å². The minimum atomic E-state index is -1.53. The number of amides is 1. The highest BCUT2D eigenvalue weighted by Gasteiger charge is 2.65. The monoisotopic (exact) mass is 896 g/mol. The summed E-state index contributed by atoms with van der Waals surface area (Å²) in [6.45, 7) is 9.53. The molecule has 2 N–H and O–H groups in total. The van der Waals surface area contributed by atoms with Crippen LogP contribution in [0.4, 0.5) is 9.18 Å². The van der Waals surface area contributed by atoms with Crippen LogP contribution in [0.25, 0.3) is 0 Å². The van der Waals surface area contributed by atoms with E-state index in [-0.39, 0.29) is 63.8 Å². The molecule has 0 radical (unpaired) electrons. The van der Waals surface area contributed by atoms with E-state index < -0.39 is 35.9 Å². The first-order chi connectivity index (χ1) is 31.9. The molecule has 65 heavy (non-hydrogen) atoms. The first-order valence-corrected chi connectivity index (χ1v) is 23.3. The summed E-state index contributed by atoms with van der Waals surface area (Å²) in [5, 5.41) is 24.8. The number of unbranched alkanes of at least 4 members (excludes halogenated alkanes) is 2. The van der Waals surface area contributed by atoms with Crippen LogP contribution >= 0.6 is 0 Å². The summed E-state index contributed by atoms with van der Waals surface area (Å²) >= 11 is 0. The summed E-state index contributed by atoms with van der Waals surface area (Å²) < 4.78 is 53.0. The third-order valence-corrected chi connectivity index (χ3v) is 12.9. The van der Waals surface area contributed by atoms with Crippen LogP contribution in [0.1, 0.15) is 86.8 Å².